The lowest BCUT2D eigenvalue weighted by Gasteiger charge is -2.26. The number of rotatable bonds is 2. The van der Waals surface area contributed by atoms with Gasteiger partial charge in [0.25, 0.3) is 0 Å². The van der Waals surface area contributed by atoms with Crippen molar-refractivity contribution < 1.29 is 18.0 Å². The zero-order valence-electron chi connectivity index (χ0n) is 8.93. The van der Waals surface area contributed by atoms with Crippen LogP contribution in [0, 0.1) is 6.92 Å². The molecule has 0 saturated carbocycles. The molecule has 5 heteroatoms. The summed E-state index contributed by atoms with van der Waals surface area (Å²) in [5.41, 5.74) is 2.88. The van der Waals surface area contributed by atoms with E-state index in [-0.39, 0.29) is 5.56 Å². The Kier molecular flexibility index (Phi) is 3.10. The number of aryl methyl sites for hydroxylation is 1. The summed E-state index contributed by atoms with van der Waals surface area (Å²) in [6.45, 7) is 2.37. The van der Waals surface area contributed by atoms with Crippen molar-refractivity contribution in [3.05, 3.63) is 35.4 Å². The molecular formula is C11H12F3NO. The number of halogens is 3. The van der Waals surface area contributed by atoms with E-state index in [9.17, 15) is 18.0 Å². The van der Waals surface area contributed by atoms with Gasteiger partial charge in [-0.15, -0.1) is 0 Å². The molecule has 16 heavy (non-hydrogen) atoms. The molecule has 0 fully saturated rings. The molecule has 0 aliphatic heterocycles. The highest BCUT2D eigenvalue weighted by molar-refractivity contribution is 6.03. The van der Waals surface area contributed by atoms with Crippen LogP contribution >= 0.6 is 0 Å². The zero-order chi connectivity index (χ0) is 12.6. The first-order valence-electron chi connectivity index (χ1n) is 4.63. The average molecular weight is 231 g/mol. The first kappa shape index (κ1) is 12.7. The summed E-state index contributed by atoms with van der Waals surface area (Å²) in [6, 6.07) is 5.93. The Hall–Kier alpha value is -1.36. The second-order valence-electron chi connectivity index (χ2n) is 3.90. The number of ketones is 1. The fraction of sp³-hybridized carbons (Fsp3) is 0.364. The molecule has 1 atom stereocenters. The average Bonchev–Trinajstić information content (AvgIpc) is 2.14. The Bertz CT molecular complexity index is 410. The third-order valence-electron chi connectivity index (χ3n) is 2.34. The number of hydrogen-bond acceptors (Lipinski definition) is 2. The molecular weight excluding hydrogens is 219 g/mol. The SMILES string of the molecule is Cc1cccc(C(=O)C(C)(N)C(F)(F)F)c1. The van der Waals surface area contributed by atoms with E-state index >= 15 is 0 Å². The minimum absolute atomic E-state index is 0.0256. The molecule has 1 unspecified atom stereocenters. The quantitative estimate of drug-likeness (QED) is 0.794. The molecule has 0 saturated heterocycles. The second kappa shape index (κ2) is 3.90. The molecule has 2 nitrogen and oxygen atoms in total. The molecule has 0 amide bonds. The maximum atomic E-state index is 12.5. The van der Waals surface area contributed by atoms with E-state index < -0.39 is 17.5 Å². The lowest BCUT2D eigenvalue weighted by Crippen LogP contribution is -2.57. The smallest absolute Gasteiger partial charge is 0.311 e. The minimum atomic E-state index is -4.76. The van der Waals surface area contributed by atoms with Crippen LogP contribution in [-0.2, 0) is 0 Å². The lowest BCUT2D eigenvalue weighted by molar-refractivity contribution is -0.165. The number of nitrogens with two attached hydrogens (primary N) is 1. The molecule has 88 valence electrons. The van der Waals surface area contributed by atoms with Crippen LogP contribution in [0.3, 0.4) is 0 Å². The molecule has 1 rings (SSSR count). The van der Waals surface area contributed by atoms with Crippen LogP contribution in [0.25, 0.3) is 0 Å². The fourth-order valence-corrected chi connectivity index (χ4v) is 1.21. The van der Waals surface area contributed by atoms with Gasteiger partial charge >= 0.3 is 6.18 Å². The molecule has 0 bridgehead atoms. The van der Waals surface area contributed by atoms with Gasteiger partial charge in [0.15, 0.2) is 11.3 Å². The van der Waals surface area contributed by atoms with Gasteiger partial charge < -0.3 is 5.73 Å². The topological polar surface area (TPSA) is 43.1 Å². The Labute approximate surface area is 91.3 Å². The van der Waals surface area contributed by atoms with Crippen LogP contribution in [0.5, 0.6) is 0 Å². The molecule has 2 N–H and O–H groups in total. The number of hydrogen-bond donors (Lipinski definition) is 1. The van der Waals surface area contributed by atoms with Gasteiger partial charge in [0.2, 0.25) is 0 Å². The third-order valence-corrected chi connectivity index (χ3v) is 2.34. The monoisotopic (exact) mass is 231 g/mol. The van der Waals surface area contributed by atoms with Crippen LogP contribution in [0.15, 0.2) is 24.3 Å². The summed E-state index contributed by atoms with van der Waals surface area (Å²) < 4.78 is 37.6. The summed E-state index contributed by atoms with van der Waals surface area (Å²) in [7, 11) is 0. The first-order chi connectivity index (χ1) is 7.16. The zero-order valence-corrected chi connectivity index (χ0v) is 8.93. The van der Waals surface area contributed by atoms with E-state index in [1.54, 1.807) is 13.0 Å². The predicted molar refractivity (Wildman–Crippen MR) is 54.2 cm³/mol. The first-order valence-corrected chi connectivity index (χ1v) is 4.63. The molecule has 0 aromatic heterocycles. The highest BCUT2D eigenvalue weighted by Gasteiger charge is 2.53. The number of carbonyl (C=O) groups excluding carboxylic acids is 1. The predicted octanol–water partition coefficient (Wildman–Crippen LogP) is 2.46. The standard InChI is InChI=1S/C11H12F3NO/c1-7-4-3-5-8(6-7)9(16)10(2,15)11(12,13)14/h3-6H,15H2,1-2H3. The summed E-state index contributed by atoms with van der Waals surface area (Å²) in [4.78, 5) is 11.6. The Morgan fingerprint density at radius 1 is 1.31 bits per heavy atom. The van der Waals surface area contributed by atoms with Gasteiger partial charge in [0.05, 0.1) is 0 Å². The lowest BCUT2D eigenvalue weighted by atomic mass is 9.91. The van der Waals surface area contributed by atoms with Crippen molar-refractivity contribution >= 4 is 5.78 Å². The Morgan fingerprint density at radius 2 is 1.88 bits per heavy atom. The van der Waals surface area contributed by atoms with Gasteiger partial charge in [0, 0.05) is 5.56 Å². The van der Waals surface area contributed by atoms with E-state index in [2.05, 4.69) is 0 Å². The van der Waals surface area contributed by atoms with E-state index in [1.807, 2.05) is 0 Å². The molecule has 1 aromatic rings. The van der Waals surface area contributed by atoms with E-state index in [0.29, 0.717) is 12.5 Å². The Morgan fingerprint density at radius 3 is 2.31 bits per heavy atom. The maximum Gasteiger partial charge on any atom is 0.413 e. The van der Waals surface area contributed by atoms with Crippen molar-refractivity contribution in [3.8, 4) is 0 Å². The molecule has 0 radical (unpaired) electrons. The van der Waals surface area contributed by atoms with Crippen LogP contribution in [-0.4, -0.2) is 17.5 Å². The van der Waals surface area contributed by atoms with E-state index in [1.165, 1.54) is 18.2 Å². The minimum Gasteiger partial charge on any atom is -0.311 e. The number of Topliss-reactive ketones (excluding diaryl/α,β-unsaturated/α-hetero) is 1. The highest BCUT2D eigenvalue weighted by atomic mass is 19.4. The number of carbonyl (C=O) groups is 1. The van der Waals surface area contributed by atoms with Gasteiger partial charge in [-0.3, -0.25) is 4.79 Å². The molecule has 0 aliphatic carbocycles. The van der Waals surface area contributed by atoms with Gasteiger partial charge in [-0.05, 0) is 19.9 Å². The highest BCUT2D eigenvalue weighted by Crippen LogP contribution is 2.30. The van der Waals surface area contributed by atoms with Crippen LogP contribution in [0.1, 0.15) is 22.8 Å². The fourth-order valence-electron chi connectivity index (χ4n) is 1.21. The summed E-state index contributed by atoms with van der Waals surface area (Å²) in [6.07, 6.45) is -4.76. The third kappa shape index (κ3) is 2.24. The second-order valence-corrected chi connectivity index (χ2v) is 3.90. The van der Waals surface area contributed by atoms with Crippen molar-refractivity contribution in [1.29, 1.82) is 0 Å². The Balaban J connectivity index is 3.12. The summed E-state index contributed by atoms with van der Waals surface area (Å²) >= 11 is 0. The van der Waals surface area contributed by atoms with Crippen molar-refractivity contribution in [3.63, 3.8) is 0 Å². The number of benzene rings is 1. The van der Waals surface area contributed by atoms with Crippen LogP contribution in [0.2, 0.25) is 0 Å². The van der Waals surface area contributed by atoms with Crippen molar-refractivity contribution in [1.82, 2.24) is 0 Å². The van der Waals surface area contributed by atoms with Crippen LogP contribution < -0.4 is 5.73 Å². The molecule has 0 aliphatic rings. The van der Waals surface area contributed by atoms with Gasteiger partial charge in [-0.2, -0.15) is 13.2 Å². The molecule has 1 aromatic carbocycles. The molecule has 0 spiro atoms. The van der Waals surface area contributed by atoms with E-state index in [0.717, 1.165) is 0 Å². The number of alkyl halides is 3. The summed E-state index contributed by atoms with van der Waals surface area (Å²) in [5.74, 6) is -1.12. The van der Waals surface area contributed by atoms with Gasteiger partial charge in [0.1, 0.15) is 0 Å². The normalized spacial score (nSPS) is 15.6. The molecule has 0 heterocycles. The van der Waals surface area contributed by atoms with Gasteiger partial charge in [-0.25, -0.2) is 0 Å². The van der Waals surface area contributed by atoms with Gasteiger partial charge in [-0.1, -0.05) is 23.8 Å². The van der Waals surface area contributed by atoms with Crippen molar-refractivity contribution in [2.24, 2.45) is 5.73 Å². The maximum absolute atomic E-state index is 12.5. The van der Waals surface area contributed by atoms with Crippen molar-refractivity contribution in [2.45, 2.75) is 25.6 Å². The summed E-state index contributed by atoms with van der Waals surface area (Å²) in [5, 5.41) is 0. The van der Waals surface area contributed by atoms with Crippen molar-refractivity contribution in [2.75, 3.05) is 0 Å². The van der Waals surface area contributed by atoms with E-state index in [4.69, 9.17) is 5.73 Å². The largest absolute Gasteiger partial charge is 0.413 e. The van der Waals surface area contributed by atoms with Crippen LogP contribution in [0.4, 0.5) is 13.2 Å².